The second kappa shape index (κ2) is 15.5. The molecule has 5 aromatic carbocycles. The van der Waals surface area contributed by atoms with Crippen LogP contribution < -0.4 is 16.0 Å². The molecule has 46 heavy (non-hydrogen) atoms. The van der Waals surface area contributed by atoms with E-state index in [1.807, 2.05) is 30.3 Å². The van der Waals surface area contributed by atoms with Gasteiger partial charge in [-0.3, -0.25) is 14.4 Å². The Morgan fingerprint density at radius 3 is 2.15 bits per heavy atom. The molecule has 0 bridgehead atoms. The van der Waals surface area contributed by atoms with Gasteiger partial charge < -0.3 is 16.0 Å². The van der Waals surface area contributed by atoms with Crippen LogP contribution in [-0.4, -0.2) is 17.7 Å². The fourth-order valence-electron chi connectivity index (χ4n) is 4.35. The van der Waals surface area contributed by atoms with Crippen molar-refractivity contribution >= 4 is 74.5 Å². The molecule has 0 fully saturated rings. The molecule has 1 unspecified atom stereocenters. The van der Waals surface area contributed by atoms with Crippen molar-refractivity contribution in [1.82, 2.24) is 5.32 Å². The van der Waals surface area contributed by atoms with Gasteiger partial charge in [-0.2, -0.15) is 0 Å². The highest BCUT2D eigenvalue weighted by molar-refractivity contribution is 9.10. The summed E-state index contributed by atoms with van der Waals surface area (Å²) >= 11 is 10.7. The second-order valence-electron chi connectivity index (χ2n) is 9.93. The average Bonchev–Trinajstić information content (AvgIpc) is 3.06. The molecular formula is C36H26BrClFN3O3S. The number of carbonyl (C=O) groups is 3. The van der Waals surface area contributed by atoms with Crippen LogP contribution in [0.1, 0.15) is 26.7 Å². The van der Waals surface area contributed by atoms with Crippen molar-refractivity contribution in [3.05, 3.63) is 165 Å². The minimum Gasteiger partial charge on any atom is -0.322 e. The zero-order valence-electron chi connectivity index (χ0n) is 24.0. The van der Waals surface area contributed by atoms with Crippen LogP contribution in [0.3, 0.4) is 0 Å². The molecular weight excluding hydrogens is 689 g/mol. The summed E-state index contributed by atoms with van der Waals surface area (Å²) in [6, 6.07) is 36.0. The maximum Gasteiger partial charge on any atom is 0.272 e. The SMILES string of the molecule is O=C(Nc1ccc(SC(C(=O)Nc2ccc(Br)cc2F)c2ccccc2)cc1)/C(=C/c1cccc(Cl)c1)NC(=O)c1ccccc1. The molecule has 3 amide bonds. The summed E-state index contributed by atoms with van der Waals surface area (Å²) in [4.78, 5) is 40.5. The van der Waals surface area contributed by atoms with E-state index in [4.69, 9.17) is 11.6 Å². The summed E-state index contributed by atoms with van der Waals surface area (Å²) in [5.41, 5.74) is 2.34. The number of carbonyl (C=O) groups excluding carboxylic acids is 3. The Balaban J connectivity index is 1.33. The molecule has 5 rings (SSSR count). The zero-order valence-corrected chi connectivity index (χ0v) is 27.2. The first-order valence-electron chi connectivity index (χ1n) is 14.0. The normalized spacial score (nSPS) is 11.8. The van der Waals surface area contributed by atoms with Crippen LogP contribution in [0.5, 0.6) is 0 Å². The van der Waals surface area contributed by atoms with Crippen molar-refractivity contribution in [2.24, 2.45) is 0 Å². The van der Waals surface area contributed by atoms with E-state index < -0.39 is 22.9 Å². The highest BCUT2D eigenvalue weighted by Gasteiger charge is 2.23. The molecule has 0 radical (unpaired) electrons. The van der Waals surface area contributed by atoms with E-state index in [0.717, 1.165) is 10.5 Å². The lowest BCUT2D eigenvalue weighted by molar-refractivity contribution is -0.116. The number of nitrogens with one attached hydrogen (secondary N) is 3. The Kier molecular flexibility index (Phi) is 11.0. The van der Waals surface area contributed by atoms with Gasteiger partial charge in [-0.1, -0.05) is 88.2 Å². The lowest BCUT2D eigenvalue weighted by Crippen LogP contribution is -2.30. The predicted octanol–water partition coefficient (Wildman–Crippen LogP) is 9.12. The maximum absolute atomic E-state index is 14.5. The van der Waals surface area contributed by atoms with E-state index in [2.05, 4.69) is 31.9 Å². The topological polar surface area (TPSA) is 87.3 Å². The molecule has 0 saturated heterocycles. The van der Waals surface area contributed by atoms with E-state index in [9.17, 15) is 18.8 Å². The summed E-state index contributed by atoms with van der Waals surface area (Å²) in [5.74, 6) is -1.92. The van der Waals surface area contributed by atoms with Crippen molar-refractivity contribution < 1.29 is 18.8 Å². The van der Waals surface area contributed by atoms with Crippen LogP contribution in [0, 0.1) is 5.82 Å². The Bertz CT molecular complexity index is 1890. The van der Waals surface area contributed by atoms with Gasteiger partial charge in [0.1, 0.15) is 16.8 Å². The van der Waals surface area contributed by atoms with Crippen molar-refractivity contribution in [3.63, 3.8) is 0 Å². The molecule has 0 heterocycles. The minimum atomic E-state index is -0.690. The van der Waals surface area contributed by atoms with E-state index in [1.54, 1.807) is 91.0 Å². The number of halogens is 3. The highest BCUT2D eigenvalue weighted by atomic mass is 79.9. The molecule has 230 valence electrons. The summed E-state index contributed by atoms with van der Waals surface area (Å²) in [7, 11) is 0. The van der Waals surface area contributed by atoms with E-state index in [1.165, 1.54) is 23.9 Å². The van der Waals surface area contributed by atoms with E-state index in [-0.39, 0.29) is 17.3 Å². The van der Waals surface area contributed by atoms with Crippen LogP contribution in [-0.2, 0) is 9.59 Å². The fourth-order valence-corrected chi connectivity index (χ4v) is 5.90. The third-order valence-corrected chi connectivity index (χ3v) is 8.58. The van der Waals surface area contributed by atoms with E-state index in [0.29, 0.717) is 26.3 Å². The van der Waals surface area contributed by atoms with Crippen LogP contribution in [0.4, 0.5) is 15.8 Å². The highest BCUT2D eigenvalue weighted by Crippen LogP contribution is 2.37. The summed E-state index contributed by atoms with van der Waals surface area (Å²) in [6.45, 7) is 0. The fraction of sp³-hybridized carbons (Fsp3) is 0.0278. The number of hydrogen-bond acceptors (Lipinski definition) is 4. The van der Waals surface area contributed by atoms with Crippen LogP contribution in [0.25, 0.3) is 6.08 Å². The molecule has 0 aliphatic rings. The van der Waals surface area contributed by atoms with E-state index >= 15 is 0 Å². The summed E-state index contributed by atoms with van der Waals surface area (Å²) in [5, 5.41) is 8.02. The summed E-state index contributed by atoms with van der Waals surface area (Å²) < 4.78 is 15.1. The lowest BCUT2D eigenvalue weighted by atomic mass is 10.1. The Labute approximate surface area is 283 Å². The number of thioether (sulfide) groups is 1. The minimum absolute atomic E-state index is 0.0237. The average molecular weight is 715 g/mol. The van der Waals surface area contributed by atoms with Gasteiger partial charge in [0.05, 0.1) is 5.69 Å². The van der Waals surface area contributed by atoms with Gasteiger partial charge in [-0.05, 0) is 83.9 Å². The van der Waals surface area contributed by atoms with Crippen molar-refractivity contribution in [3.8, 4) is 0 Å². The first-order chi connectivity index (χ1) is 22.2. The molecule has 0 aliphatic carbocycles. The van der Waals surface area contributed by atoms with Crippen molar-refractivity contribution in [2.75, 3.05) is 10.6 Å². The number of amides is 3. The number of benzene rings is 5. The molecule has 0 aromatic heterocycles. The molecule has 10 heteroatoms. The number of rotatable bonds is 10. The first-order valence-corrected chi connectivity index (χ1v) is 16.0. The van der Waals surface area contributed by atoms with Gasteiger partial charge in [-0.15, -0.1) is 11.8 Å². The Morgan fingerprint density at radius 2 is 1.48 bits per heavy atom. The Hall–Kier alpha value is -4.70. The molecule has 0 saturated carbocycles. The molecule has 5 aromatic rings. The first kappa shape index (κ1) is 32.7. The van der Waals surface area contributed by atoms with Gasteiger partial charge in [0, 0.05) is 25.6 Å². The van der Waals surface area contributed by atoms with Gasteiger partial charge in [-0.25, -0.2) is 4.39 Å². The number of hydrogen-bond donors (Lipinski definition) is 3. The quantitative estimate of drug-likeness (QED) is 0.0995. The standard InChI is InChI=1S/C36H26BrClFN3O3S/c37-26-14-19-31(30(39)22-26)41-36(45)33(24-9-3-1-4-10-24)46-29-17-15-28(16-18-29)40-35(44)32(21-23-8-7-13-27(38)20-23)42-34(43)25-11-5-2-6-12-25/h1-22,33H,(H,40,44)(H,41,45)(H,42,43)/b32-21-. The van der Waals surface area contributed by atoms with Gasteiger partial charge in [0.25, 0.3) is 11.8 Å². The van der Waals surface area contributed by atoms with Gasteiger partial charge in [0.15, 0.2) is 0 Å². The summed E-state index contributed by atoms with van der Waals surface area (Å²) in [6.07, 6.45) is 1.55. The second-order valence-corrected chi connectivity index (χ2v) is 12.5. The zero-order chi connectivity index (χ0) is 32.5. The predicted molar refractivity (Wildman–Crippen MR) is 186 cm³/mol. The molecule has 0 spiro atoms. The lowest BCUT2D eigenvalue weighted by Gasteiger charge is -2.18. The maximum atomic E-state index is 14.5. The monoisotopic (exact) mass is 713 g/mol. The third kappa shape index (κ3) is 8.94. The smallest absolute Gasteiger partial charge is 0.272 e. The van der Waals surface area contributed by atoms with Gasteiger partial charge >= 0.3 is 0 Å². The molecule has 3 N–H and O–H groups in total. The molecule has 1 atom stereocenters. The molecule has 0 aliphatic heterocycles. The van der Waals surface area contributed by atoms with Gasteiger partial charge in [0.2, 0.25) is 5.91 Å². The van der Waals surface area contributed by atoms with Crippen LogP contribution in [0.15, 0.2) is 142 Å². The third-order valence-electron chi connectivity index (χ3n) is 6.58. The van der Waals surface area contributed by atoms with Crippen LogP contribution >= 0.6 is 39.3 Å². The number of anilines is 2. The van der Waals surface area contributed by atoms with Crippen molar-refractivity contribution in [1.29, 1.82) is 0 Å². The van der Waals surface area contributed by atoms with Crippen LogP contribution in [0.2, 0.25) is 5.02 Å². The molecule has 6 nitrogen and oxygen atoms in total. The Morgan fingerprint density at radius 1 is 0.783 bits per heavy atom. The van der Waals surface area contributed by atoms with Crippen molar-refractivity contribution in [2.45, 2.75) is 10.1 Å². The largest absolute Gasteiger partial charge is 0.322 e.